The van der Waals surface area contributed by atoms with Crippen LogP contribution in [0.15, 0.2) is 0 Å². The molecule has 0 radical (unpaired) electrons. The molecule has 386 valence electrons. The molecule has 0 rings (SSSR count). The summed E-state index contributed by atoms with van der Waals surface area (Å²) in [7, 11) is 15.1. The molecule has 9 heteroatoms. The third kappa shape index (κ3) is 58.3. The Kier molecular flexibility index (Phi) is 63.0. The highest BCUT2D eigenvalue weighted by atomic mass is 33.1. The molecule has 0 aliphatic carbocycles. The minimum Gasteiger partial charge on any atom is -0.316 e. The van der Waals surface area contributed by atoms with E-state index in [1.54, 1.807) is 0 Å². The topological polar surface area (TPSA) is 18.5 Å². The van der Waals surface area contributed by atoms with E-state index in [-0.39, 0.29) is 0 Å². The van der Waals surface area contributed by atoms with Gasteiger partial charge in [-0.05, 0) is 65.3 Å². The predicted octanol–water partition coefficient (Wildman–Crippen LogP) is 19.8. The van der Waals surface area contributed by atoms with Crippen molar-refractivity contribution in [1.82, 2.24) is 15.1 Å². The maximum Gasteiger partial charge on any atom is 0.0165 e. The van der Waals surface area contributed by atoms with E-state index in [0.717, 1.165) is 13.1 Å². The standard InChI is InChI=1S/C55H115N3S6/c1-5-8-11-14-17-20-23-26-29-32-35-38-50-59-62-53-44-56-43-41-45-57(4)46-42-47-58(48-54-63-60-51-39-36-33-30-27-24-21-18-15-12-9-6-2)49-55-64-61-52-40-37-34-31-28-25-22-19-16-13-10-7-3/h56H,5-55H2,1-4H3. The monoisotopic (exact) mass is 1010 g/mol. The van der Waals surface area contributed by atoms with E-state index in [2.05, 4.69) is 108 Å². The number of hydrogen-bond donors (Lipinski definition) is 1. The second-order valence-corrected chi connectivity index (χ2v) is 27.3. The lowest BCUT2D eigenvalue weighted by Gasteiger charge is -2.24. The van der Waals surface area contributed by atoms with E-state index >= 15 is 0 Å². The molecule has 1 N–H and O–H groups in total. The van der Waals surface area contributed by atoms with Crippen LogP contribution in [0.25, 0.3) is 0 Å². The molecule has 3 nitrogen and oxygen atoms in total. The maximum atomic E-state index is 3.71. The van der Waals surface area contributed by atoms with Gasteiger partial charge in [-0.1, -0.05) is 297 Å². The van der Waals surface area contributed by atoms with Gasteiger partial charge in [0.05, 0.1) is 0 Å². The zero-order valence-electron chi connectivity index (χ0n) is 43.9. The summed E-state index contributed by atoms with van der Waals surface area (Å²) in [6, 6.07) is 0. The highest BCUT2D eigenvalue weighted by Gasteiger charge is 2.08. The third-order valence-electron chi connectivity index (χ3n) is 12.7. The molecule has 0 unspecified atom stereocenters. The number of rotatable bonds is 59. The minimum absolute atomic E-state index is 1.15. The molecule has 0 aromatic rings. The third-order valence-corrected chi connectivity index (χ3v) is 20.2. The summed E-state index contributed by atoms with van der Waals surface area (Å²) in [5.74, 6) is 7.80. The zero-order valence-corrected chi connectivity index (χ0v) is 48.8. The van der Waals surface area contributed by atoms with Crippen LogP contribution >= 0.6 is 64.8 Å². The van der Waals surface area contributed by atoms with E-state index in [1.807, 2.05) is 0 Å². The molecule has 0 amide bonds. The first-order chi connectivity index (χ1) is 31.7. The fourth-order valence-corrected chi connectivity index (χ4v) is 14.9. The van der Waals surface area contributed by atoms with Crippen LogP contribution in [0.4, 0.5) is 0 Å². The summed E-state index contributed by atoms with van der Waals surface area (Å²) in [4.78, 5) is 5.37. The van der Waals surface area contributed by atoms with Crippen molar-refractivity contribution in [3.63, 3.8) is 0 Å². The molecule has 0 aliphatic heterocycles. The van der Waals surface area contributed by atoms with Gasteiger partial charge in [-0.2, -0.15) is 0 Å². The Hall–Kier alpha value is 1.98. The van der Waals surface area contributed by atoms with E-state index in [9.17, 15) is 0 Å². The summed E-state index contributed by atoms with van der Waals surface area (Å²) < 4.78 is 0. The Labute approximate surface area is 428 Å². The zero-order chi connectivity index (χ0) is 46.2. The molecule has 0 aliphatic rings. The molecule has 0 heterocycles. The average molecular weight is 1010 g/mol. The normalized spacial score (nSPS) is 11.9. The van der Waals surface area contributed by atoms with Crippen LogP contribution in [-0.2, 0) is 0 Å². The number of nitrogens with one attached hydrogen (secondary N) is 1. The molecule has 0 fully saturated rings. The van der Waals surface area contributed by atoms with E-state index in [4.69, 9.17) is 0 Å². The SMILES string of the molecule is CCCCCCCCCCCCCCSSCCNCCCN(C)CCCN(CCSSCCCCCCCCCCCCCC)CCSSCCCCCCCCCCCCCC. The van der Waals surface area contributed by atoms with Crippen LogP contribution in [0.1, 0.15) is 265 Å². The van der Waals surface area contributed by atoms with Crippen molar-refractivity contribution < 1.29 is 0 Å². The number of nitrogens with zero attached hydrogens (tertiary/aromatic N) is 2. The summed E-state index contributed by atoms with van der Waals surface area (Å²) in [6.07, 6.45) is 54.6. The van der Waals surface area contributed by atoms with Crippen molar-refractivity contribution >= 4 is 64.8 Å². The first kappa shape index (κ1) is 66.0. The van der Waals surface area contributed by atoms with Gasteiger partial charge in [0.1, 0.15) is 0 Å². The molecule has 0 saturated carbocycles. The van der Waals surface area contributed by atoms with Gasteiger partial charge in [0.15, 0.2) is 0 Å². The second kappa shape index (κ2) is 61.1. The van der Waals surface area contributed by atoms with Gasteiger partial charge in [-0.25, -0.2) is 0 Å². The molecule has 0 aromatic heterocycles. The van der Waals surface area contributed by atoms with Crippen LogP contribution in [0.5, 0.6) is 0 Å². The smallest absolute Gasteiger partial charge is 0.0165 e. The Morgan fingerprint density at radius 3 is 0.875 bits per heavy atom. The fraction of sp³-hybridized carbons (Fsp3) is 1.00. The highest BCUT2D eigenvalue weighted by molar-refractivity contribution is 8.77. The first-order valence-electron chi connectivity index (χ1n) is 28.6. The molecule has 64 heavy (non-hydrogen) atoms. The summed E-state index contributed by atoms with van der Waals surface area (Å²) in [5, 5.41) is 3.71. The van der Waals surface area contributed by atoms with Gasteiger partial charge >= 0.3 is 0 Å². The Balaban J connectivity index is 4.01. The molecular formula is C55H115N3S6. The quantitative estimate of drug-likeness (QED) is 0.0470. The van der Waals surface area contributed by atoms with Crippen molar-refractivity contribution in [3.05, 3.63) is 0 Å². The summed E-state index contributed by atoms with van der Waals surface area (Å²) >= 11 is 0. The van der Waals surface area contributed by atoms with Crippen LogP contribution in [-0.4, -0.2) is 97.2 Å². The minimum atomic E-state index is 1.15. The summed E-state index contributed by atoms with van der Waals surface area (Å²) in [5.41, 5.74) is 0. The van der Waals surface area contributed by atoms with Crippen molar-refractivity contribution in [1.29, 1.82) is 0 Å². The van der Waals surface area contributed by atoms with Crippen LogP contribution in [0.3, 0.4) is 0 Å². The first-order valence-corrected chi connectivity index (χ1v) is 36.1. The van der Waals surface area contributed by atoms with Gasteiger partial charge < -0.3 is 15.1 Å². The number of unbranched alkanes of at least 4 members (excludes halogenated alkanes) is 33. The second-order valence-electron chi connectivity index (χ2n) is 19.2. The fourth-order valence-electron chi connectivity index (χ4n) is 8.42. The maximum absolute atomic E-state index is 3.71. The van der Waals surface area contributed by atoms with Gasteiger partial charge in [-0.15, -0.1) is 0 Å². The molecule has 0 bridgehead atoms. The lowest BCUT2D eigenvalue weighted by atomic mass is 10.1. The Morgan fingerprint density at radius 1 is 0.250 bits per heavy atom. The molecule has 0 saturated heterocycles. The molecule has 0 atom stereocenters. The van der Waals surface area contributed by atoms with Crippen molar-refractivity contribution in [2.75, 3.05) is 87.4 Å². The Bertz CT molecular complexity index is 778. The van der Waals surface area contributed by atoms with E-state index < -0.39 is 0 Å². The predicted molar refractivity (Wildman–Crippen MR) is 314 cm³/mol. The van der Waals surface area contributed by atoms with E-state index in [0.29, 0.717) is 0 Å². The Morgan fingerprint density at radius 2 is 0.531 bits per heavy atom. The largest absolute Gasteiger partial charge is 0.316 e. The van der Waals surface area contributed by atoms with Crippen LogP contribution in [0, 0.1) is 0 Å². The van der Waals surface area contributed by atoms with Crippen molar-refractivity contribution in [2.24, 2.45) is 0 Å². The molecular weight excluding hydrogens is 895 g/mol. The van der Waals surface area contributed by atoms with Gasteiger partial charge in [0.25, 0.3) is 0 Å². The van der Waals surface area contributed by atoms with Crippen LogP contribution < -0.4 is 5.32 Å². The lowest BCUT2D eigenvalue weighted by Crippen LogP contribution is -2.32. The summed E-state index contributed by atoms with van der Waals surface area (Å²) in [6.45, 7) is 15.4. The van der Waals surface area contributed by atoms with E-state index in [1.165, 1.54) is 311 Å². The number of hydrogen-bond acceptors (Lipinski definition) is 9. The van der Waals surface area contributed by atoms with Gasteiger partial charge in [-0.3, -0.25) is 0 Å². The highest BCUT2D eigenvalue weighted by Crippen LogP contribution is 2.26. The molecule has 0 aromatic carbocycles. The average Bonchev–Trinajstić information content (AvgIpc) is 3.30. The van der Waals surface area contributed by atoms with Gasteiger partial charge in [0.2, 0.25) is 0 Å². The van der Waals surface area contributed by atoms with Crippen molar-refractivity contribution in [3.8, 4) is 0 Å². The lowest BCUT2D eigenvalue weighted by molar-refractivity contribution is 0.264. The van der Waals surface area contributed by atoms with Crippen LogP contribution in [0.2, 0.25) is 0 Å². The van der Waals surface area contributed by atoms with Gasteiger partial charge in [0, 0.05) is 54.2 Å². The van der Waals surface area contributed by atoms with Crippen molar-refractivity contribution in [2.45, 2.75) is 265 Å². The molecule has 0 spiro atoms.